The van der Waals surface area contributed by atoms with Gasteiger partial charge in [-0.05, 0) is 66.4 Å². The average Bonchev–Trinajstić information content (AvgIpc) is 3.53. The maximum Gasteiger partial charge on any atom is 0.151 e. The Hall–Kier alpha value is -3.64. The van der Waals surface area contributed by atoms with Gasteiger partial charge in [-0.2, -0.15) is 5.26 Å². The quantitative estimate of drug-likeness (QED) is 0.235. The van der Waals surface area contributed by atoms with E-state index in [0.717, 1.165) is 55.5 Å². The van der Waals surface area contributed by atoms with Gasteiger partial charge in [-0.15, -0.1) is 11.3 Å². The fourth-order valence-electron chi connectivity index (χ4n) is 4.52. The van der Waals surface area contributed by atoms with E-state index >= 15 is 0 Å². The van der Waals surface area contributed by atoms with Crippen LogP contribution in [0.5, 0.6) is 5.75 Å². The molecule has 0 aliphatic carbocycles. The van der Waals surface area contributed by atoms with Crippen molar-refractivity contribution in [3.63, 3.8) is 0 Å². The van der Waals surface area contributed by atoms with E-state index in [4.69, 9.17) is 14.5 Å². The smallest absolute Gasteiger partial charge is 0.151 e. The second kappa shape index (κ2) is 10.4. The third-order valence-electron chi connectivity index (χ3n) is 6.35. The summed E-state index contributed by atoms with van der Waals surface area (Å²) in [6.07, 6.45) is 5.51. The first-order valence-electron chi connectivity index (χ1n) is 12.1. The fourth-order valence-corrected chi connectivity index (χ4v) is 6.33. The molecule has 2 aromatic carbocycles. The predicted octanol–water partition coefficient (Wildman–Crippen LogP) is 7.12. The van der Waals surface area contributed by atoms with Gasteiger partial charge in [0.25, 0.3) is 0 Å². The number of rotatable bonds is 6. The number of aromatic nitrogens is 3. The fraction of sp³-hybridized carbons (Fsp3) is 0.207. The molecule has 4 heterocycles. The van der Waals surface area contributed by atoms with Crippen molar-refractivity contribution in [3.8, 4) is 33.5 Å². The van der Waals surface area contributed by atoms with Crippen LogP contribution in [0.4, 0.5) is 0 Å². The normalized spacial score (nSPS) is 14.1. The molecule has 0 spiro atoms. The molecule has 1 fully saturated rings. The van der Waals surface area contributed by atoms with Gasteiger partial charge in [-0.1, -0.05) is 24.3 Å². The van der Waals surface area contributed by atoms with Crippen molar-refractivity contribution in [1.29, 1.82) is 5.26 Å². The van der Waals surface area contributed by atoms with Crippen molar-refractivity contribution in [2.24, 2.45) is 0 Å². The molecule has 0 radical (unpaired) electrons. The van der Waals surface area contributed by atoms with Gasteiger partial charge in [-0.25, -0.2) is 9.97 Å². The van der Waals surface area contributed by atoms with E-state index in [1.54, 1.807) is 23.3 Å². The third kappa shape index (κ3) is 4.86. The molecule has 3 aromatic heterocycles. The largest absolute Gasteiger partial charge is 0.489 e. The number of nitriles is 1. The molecule has 0 atom stereocenters. The van der Waals surface area contributed by atoms with E-state index in [2.05, 4.69) is 33.2 Å². The minimum Gasteiger partial charge on any atom is -0.489 e. The van der Waals surface area contributed by atoms with Gasteiger partial charge < -0.3 is 9.47 Å². The van der Waals surface area contributed by atoms with Crippen LogP contribution in [0, 0.1) is 18.3 Å². The first kappa shape index (κ1) is 23.7. The maximum absolute atomic E-state index is 9.92. The molecule has 1 aliphatic heterocycles. The number of hydrogen-bond donors (Lipinski definition) is 0. The standard InChI is InChI=1S/C29H24N4O2S2/c1-19-32-18-28(36-19)26-16-25-24(9-12-31-29(25)33(26)37-23-5-3-2-4-6-23)20-7-8-27(21(15-20)17-30)35-22-10-13-34-14-11-22/h2-9,12,15-16,18,22H,10-11,13-14H2,1H3. The number of benzene rings is 2. The number of pyridine rings is 1. The Labute approximate surface area is 223 Å². The lowest BCUT2D eigenvalue weighted by atomic mass is 10.0. The minimum atomic E-state index is 0.0776. The van der Waals surface area contributed by atoms with Crippen molar-refractivity contribution in [3.05, 3.63) is 83.6 Å². The molecule has 0 saturated carbocycles. The summed E-state index contributed by atoms with van der Waals surface area (Å²) in [5, 5.41) is 12.0. The summed E-state index contributed by atoms with van der Waals surface area (Å²) in [5.74, 6) is 0.626. The van der Waals surface area contributed by atoms with E-state index in [-0.39, 0.29) is 6.10 Å². The van der Waals surface area contributed by atoms with Crippen molar-refractivity contribution in [2.45, 2.75) is 30.8 Å². The molecule has 5 aromatic rings. The van der Waals surface area contributed by atoms with Gasteiger partial charge >= 0.3 is 0 Å². The Morgan fingerprint density at radius 2 is 1.92 bits per heavy atom. The topological polar surface area (TPSA) is 73.0 Å². The lowest BCUT2D eigenvalue weighted by Crippen LogP contribution is -2.26. The van der Waals surface area contributed by atoms with Gasteiger partial charge in [0.1, 0.15) is 17.9 Å². The molecule has 0 unspecified atom stereocenters. The second-order valence-corrected chi connectivity index (χ2v) is 11.1. The zero-order valence-corrected chi connectivity index (χ0v) is 21.9. The molecule has 0 bridgehead atoms. The Kier molecular flexibility index (Phi) is 6.66. The molecular weight excluding hydrogens is 500 g/mol. The summed E-state index contributed by atoms with van der Waals surface area (Å²) >= 11 is 3.30. The number of ether oxygens (including phenoxy) is 2. The molecular formula is C29H24N4O2S2. The SMILES string of the molecule is Cc1ncc(-c2cc3c(-c4ccc(OC5CCOCC5)c(C#N)c4)ccnc3n2Sc2ccccc2)s1. The lowest BCUT2D eigenvalue weighted by molar-refractivity contribution is 0.0254. The minimum absolute atomic E-state index is 0.0776. The Bertz CT molecular complexity index is 1600. The first-order valence-corrected chi connectivity index (χ1v) is 13.7. The van der Waals surface area contributed by atoms with Crippen LogP contribution in [0.15, 0.2) is 78.0 Å². The monoisotopic (exact) mass is 524 g/mol. The molecule has 37 heavy (non-hydrogen) atoms. The van der Waals surface area contributed by atoms with E-state index < -0.39 is 0 Å². The first-order chi connectivity index (χ1) is 18.2. The lowest BCUT2D eigenvalue weighted by Gasteiger charge is -2.23. The average molecular weight is 525 g/mol. The van der Waals surface area contributed by atoms with Crippen LogP contribution in [-0.2, 0) is 4.74 Å². The summed E-state index contributed by atoms with van der Waals surface area (Å²) in [7, 11) is 0. The number of aryl methyl sites for hydroxylation is 1. The summed E-state index contributed by atoms with van der Waals surface area (Å²) in [4.78, 5) is 11.5. The summed E-state index contributed by atoms with van der Waals surface area (Å²) < 4.78 is 13.8. The summed E-state index contributed by atoms with van der Waals surface area (Å²) in [6.45, 7) is 3.40. The highest BCUT2D eigenvalue weighted by Crippen LogP contribution is 2.40. The molecule has 0 N–H and O–H groups in total. The van der Waals surface area contributed by atoms with E-state index in [1.165, 1.54) is 0 Å². The second-order valence-electron chi connectivity index (χ2n) is 8.82. The summed E-state index contributed by atoms with van der Waals surface area (Å²) in [5.41, 5.74) is 4.43. The third-order valence-corrected chi connectivity index (χ3v) is 8.32. The molecule has 1 aliphatic rings. The van der Waals surface area contributed by atoms with Crippen molar-refractivity contribution in [2.75, 3.05) is 13.2 Å². The van der Waals surface area contributed by atoms with Gasteiger partial charge in [0.2, 0.25) is 0 Å². The Balaban J connectivity index is 1.44. The molecule has 0 amide bonds. The highest BCUT2D eigenvalue weighted by molar-refractivity contribution is 7.98. The number of fused-ring (bicyclic) bond motifs is 1. The van der Waals surface area contributed by atoms with E-state index in [9.17, 15) is 5.26 Å². The summed E-state index contributed by atoms with van der Waals surface area (Å²) in [6, 6.07) is 22.7. The number of hydrogen-bond acceptors (Lipinski definition) is 7. The van der Waals surface area contributed by atoms with E-state index in [0.29, 0.717) is 24.5 Å². The molecule has 6 rings (SSSR count). The van der Waals surface area contributed by atoms with Crippen LogP contribution in [-0.4, -0.2) is 33.3 Å². The molecule has 8 heteroatoms. The van der Waals surface area contributed by atoms with Crippen LogP contribution < -0.4 is 4.74 Å². The van der Waals surface area contributed by atoms with Gasteiger partial charge in [0.05, 0.1) is 34.4 Å². The van der Waals surface area contributed by atoms with Gasteiger partial charge in [0, 0.05) is 35.5 Å². The van der Waals surface area contributed by atoms with Crippen LogP contribution in [0.2, 0.25) is 0 Å². The maximum atomic E-state index is 9.92. The van der Waals surface area contributed by atoms with Crippen molar-refractivity contribution >= 4 is 34.3 Å². The van der Waals surface area contributed by atoms with Crippen molar-refractivity contribution < 1.29 is 9.47 Å². The number of thiazole rings is 1. The Morgan fingerprint density at radius 3 is 2.68 bits per heavy atom. The zero-order valence-electron chi connectivity index (χ0n) is 20.3. The van der Waals surface area contributed by atoms with Gasteiger partial charge in [0.15, 0.2) is 5.65 Å². The highest BCUT2D eigenvalue weighted by atomic mass is 32.2. The van der Waals surface area contributed by atoms with Crippen LogP contribution >= 0.6 is 23.3 Å². The number of nitrogens with zero attached hydrogens (tertiary/aromatic N) is 4. The van der Waals surface area contributed by atoms with Crippen molar-refractivity contribution in [1.82, 2.24) is 13.9 Å². The molecule has 184 valence electrons. The Morgan fingerprint density at radius 1 is 1.08 bits per heavy atom. The highest BCUT2D eigenvalue weighted by Gasteiger charge is 2.20. The van der Waals surface area contributed by atoms with Crippen LogP contribution in [0.1, 0.15) is 23.4 Å². The van der Waals surface area contributed by atoms with Gasteiger partial charge in [-0.3, -0.25) is 3.97 Å². The molecule has 6 nitrogen and oxygen atoms in total. The predicted molar refractivity (Wildman–Crippen MR) is 148 cm³/mol. The van der Waals surface area contributed by atoms with E-state index in [1.807, 2.05) is 61.8 Å². The van der Waals surface area contributed by atoms with Crippen LogP contribution in [0.25, 0.3) is 32.7 Å². The molecule has 1 saturated heterocycles. The zero-order chi connectivity index (χ0) is 25.2. The van der Waals surface area contributed by atoms with Crippen LogP contribution in [0.3, 0.4) is 0 Å².